The molecular formula is C25H28Cl2N6O5S. The molecule has 0 atom stereocenters. The summed E-state index contributed by atoms with van der Waals surface area (Å²) in [5, 5.41) is 12.9. The van der Waals surface area contributed by atoms with Crippen molar-refractivity contribution in [2.45, 2.75) is 30.2 Å². The van der Waals surface area contributed by atoms with E-state index in [1.165, 1.54) is 36.4 Å². The van der Waals surface area contributed by atoms with E-state index in [1.54, 1.807) is 6.07 Å². The molecule has 0 unspecified atom stereocenters. The number of ether oxygens (including phenoxy) is 1. The summed E-state index contributed by atoms with van der Waals surface area (Å²) >= 11 is 12.3. The summed E-state index contributed by atoms with van der Waals surface area (Å²) in [4.78, 5) is 26.2. The Morgan fingerprint density at radius 1 is 1.08 bits per heavy atom. The van der Waals surface area contributed by atoms with Crippen molar-refractivity contribution in [1.29, 1.82) is 0 Å². The summed E-state index contributed by atoms with van der Waals surface area (Å²) in [6.45, 7) is 2.33. The maximum atomic E-state index is 13.4. The molecule has 2 aromatic carbocycles. The van der Waals surface area contributed by atoms with Crippen LogP contribution in [0.25, 0.3) is 0 Å². The Balaban J connectivity index is 1.65. The molecule has 0 spiro atoms. The average Bonchev–Trinajstić information content (AvgIpc) is 3.34. The highest BCUT2D eigenvalue weighted by molar-refractivity contribution is 7.89. The van der Waals surface area contributed by atoms with E-state index in [9.17, 15) is 18.0 Å². The van der Waals surface area contributed by atoms with Gasteiger partial charge in [0.05, 0.1) is 39.0 Å². The second-order valence-corrected chi connectivity index (χ2v) is 11.4. The van der Waals surface area contributed by atoms with Crippen LogP contribution in [-0.4, -0.2) is 61.7 Å². The number of nitrogens with zero attached hydrogens (tertiary/aromatic N) is 2. The van der Waals surface area contributed by atoms with Crippen LogP contribution in [0, 0.1) is 0 Å². The molecular weight excluding hydrogens is 567 g/mol. The Hall–Kier alpha value is -3.16. The van der Waals surface area contributed by atoms with E-state index in [-0.39, 0.29) is 37.9 Å². The van der Waals surface area contributed by atoms with Gasteiger partial charge in [-0.15, -0.1) is 0 Å². The summed E-state index contributed by atoms with van der Waals surface area (Å²) in [7, 11) is -4.23. The molecule has 208 valence electrons. The molecule has 0 bridgehead atoms. The van der Waals surface area contributed by atoms with Crippen LogP contribution in [0.5, 0.6) is 5.75 Å². The molecule has 5 N–H and O–H groups in total. The number of anilines is 1. The first-order valence-electron chi connectivity index (χ1n) is 12.3. The molecule has 1 aliphatic heterocycles. The monoisotopic (exact) mass is 594 g/mol. The van der Waals surface area contributed by atoms with Crippen molar-refractivity contribution in [1.82, 2.24) is 19.8 Å². The molecule has 1 saturated heterocycles. The first-order chi connectivity index (χ1) is 18.7. The largest absolute Gasteiger partial charge is 0.494 e. The quantitative estimate of drug-likeness (QED) is 0.261. The predicted molar refractivity (Wildman–Crippen MR) is 148 cm³/mol. The van der Waals surface area contributed by atoms with Gasteiger partial charge < -0.3 is 26.4 Å². The number of rotatable bonds is 10. The van der Waals surface area contributed by atoms with E-state index < -0.39 is 21.8 Å². The zero-order valence-electron chi connectivity index (χ0n) is 20.8. The number of hydrogen-bond donors (Lipinski definition) is 4. The number of benzene rings is 2. The molecule has 1 fully saturated rings. The number of aromatic nitrogens is 2. The van der Waals surface area contributed by atoms with Gasteiger partial charge in [0.25, 0.3) is 21.8 Å². The SMILES string of the molecule is NCCCOc1ccc(S(=O)(=O)n2cc(NC(=O)c3c(Cl)cccc3Cl)c(C(=O)NC3CCNCC3)n2)cc1. The lowest BCUT2D eigenvalue weighted by Crippen LogP contribution is -2.43. The Kier molecular flexibility index (Phi) is 9.46. The van der Waals surface area contributed by atoms with Crippen LogP contribution in [-0.2, 0) is 10.0 Å². The average molecular weight is 596 g/mol. The molecule has 1 aromatic heterocycles. The number of nitrogens with two attached hydrogens (primary N) is 1. The molecule has 2 heterocycles. The van der Waals surface area contributed by atoms with Crippen molar-refractivity contribution < 1.29 is 22.7 Å². The minimum absolute atomic E-state index is 0.0219. The van der Waals surface area contributed by atoms with E-state index in [1.807, 2.05) is 0 Å². The molecule has 39 heavy (non-hydrogen) atoms. The fourth-order valence-electron chi connectivity index (χ4n) is 3.94. The molecule has 0 radical (unpaired) electrons. The molecule has 4 rings (SSSR count). The van der Waals surface area contributed by atoms with Gasteiger partial charge in [-0.1, -0.05) is 29.3 Å². The number of nitrogens with one attached hydrogen (secondary N) is 3. The first-order valence-corrected chi connectivity index (χ1v) is 14.5. The summed E-state index contributed by atoms with van der Waals surface area (Å²) in [5.41, 5.74) is 5.06. The number of piperidine rings is 1. The van der Waals surface area contributed by atoms with Crippen LogP contribution in [0.4, 0.5) is 5.69 Å². The van der Waals surface area contributed by atoms with Crippen LogP contribution >= 0.6 is 23.2 Å². The van der Waals surface area contributed by atoms with Crippen LogP contribution in [0.3, 0.4) is 0 Å². The number of carbonyl (C=O) groups excluding carboxylic acids is 2. The van der Waals surface area contributed by atoms with Gasteiger partial charge in [0.15, 0.2) is 5.69 Å². The summed E-state index contributed by atoms with van der Waals surface area (Å²) in [6, 6.07) is 10.2. The van der Waals surface area contributed by atoms with E-state index >= 15 is 0 Å². The number of amides is 2. The summed E-state index contributed by atoms with van der Waals surface area (Å²) in [6.07, 6.45) is 3.12. The summed E-state index contributed by atoms with van der Waals surface area (Å²) < 4.78 is 33.0. The van der Waals surface area contributed by atoms with Crippen molar-refractivity contribution in [3.05, 3.63) is 70.0 Å². The highest BCUT2D eigenvalue weighted by Gasteiger charge is 2.28. The number of halogens is 2. The van der Waals surface area contributed by atoms with Crippen LogP contribution in [0.15, 0.2) is 53.6 Å². The van der Waals surface area contributed by atoms with E-state index in [2.05, 4.69) is 21.0 Å². The predicted octanol–water partition coefficient (Wildman–Crippen LogP) is 2.89. The van der Waals surface area contributed by atoms with Crippen LogP contribution in [0.2, 0.25) is 10.0 Å². The maximum Gasteiger partial charge on any atom is 0.283 e. The Labute approximate surface area is 236 Å². The fraction of sp³-hybridized carbons (Fsp3) is 0.320. The number of carbonyl (C=O) groups is 2. The maximum absolute atomic E-state index is 13.4. The Bertz CT molecular complexity index is 1420. The van der Waals surface area contributed by atoms with Gasteiger partial charge in [-0.25, -0.2) is 0 Å². The van der Waals surface area contributed by atoms with Crippen LogP contribution in [0.1, 0.15) is 40.1 Å². The molecule has 14 heteroatoms. The van der Waals surface area contributed by atoms with E-state index in [0.29, 0.717) is 42.3 Å². The molecule has 2 amide bonds. The second-order valence-electron chi connectivity index (χ2n) is 8.78. The molecule has 3 aromatic rings. The topological polar surface area (TPSA) is 157 Å². The standard InChI is InChI=1S/C25H28Cl2N6O5S/c26-19-3-1-4-20(27)22(19)24(34)31-21-15-33(32-23(21)25(35)30-16-9-12-29-13-10-16)39(36,37)18-7-5-17(6-8-18)38-14-2-11-28/h1,3-8,15-16,29H,2,9-14,28H2,(H,30,35)(H,31,34). The van der Waals surface area contributed by atoms with Crippen molar-refractivity contribution in [3.8, 4) is 5.75 Å². The smallest absolute Gasteiger partial charge is 0.283 e. The lowest BCUT2D eigenvalue weighted by atomic mass is 10.1. The molecule has 0 aliphatic carbocycles. The third-order valence-electron chi connectivity index (χ3n) is 6.01. The first kappa shape index (κ1) is 28.8. The van der Waals surface area contributed by atoms with Gasteiger partial charge in [-0.3, -0.25) is 9.59 Å². The van der Waals surface area contributed by atoms with Gasteiger partial charge in [0, 0.05) is 6.04 Å². The minimum atomic E-state index is -4.23. The second kappa shape index (κ2) is 12.8. The lowest BCUT2D eigenvalue weighted by molar-refractivity contribution is 0.0925. The van der Waals surface area contributed by atoms with E-state index in [4.69, 9.17) is 33.7 Å². The van der Waals surface area contributed by atoms with Gasteiger partial charge in [0.1, 0.15) is 5.75 Å². The third kappa shape index (κ3) is 6.89. The van der Waals surface area contributed by atoms with Crippen molar-refractivity contribution in [2.75, 3.05) is 31.6 Å². The minimum Gasteiger partial charge on any atom is -0.494 e. The van der Waals surface area contributed by atoms with Crippen LogP contribution < -0.4 is 26.4 Å². The highest BCUT2D eigenvalue weighted by Crippen LogP contribution is 2.27. The highest BCUT2D eigenvalue weighted by atomic mass is 35.5. The van der Waals surface area contributed by atoms with Gasteiger partial charge in [-0.2, -0.15) is 17.6 Å². The molecule has 11 nitrogen and oxygen atoms in total. The fourth-order valence-corrected chi connectivity index (χ4v) is 5.64. The van der Waals surface area contributed by atoms with Crippen molar-refractivity contribution >= 4 is 50.7 Å². The normalized spacial score (nSPS) is 14.1. The van der Waals surface area contributed by atoms with Crippen molar-refractivity contribution in [3.63, 3.8) is 0 Å². The number of hydrogen-bond acceptors (Lipinski definition) is 8. The zero-order chi connectivity index (χ0) is 28.0. The van der Waals surface area contributed by atoms with E-state index in [0.717, 1.165) is 19.3 Å². The van der Waals surface area contributed by atoms with Gasteiger partial charge >= 0.3 is 0 Å². The third-order valence-corrected chi connectivity index (χ3v) is 8.18. The summed E-state index contributed by atoms with van der Waals surface area (Å²) in [5.74, 6) is -0.869. The lowest BCUT2D eigenvalue weighted by Gasteiger charge is -2.23. The molecule has 0 saturated carbocycles. The Morgan fingerprint density at radius 3 is 2.38 bits per heavy atom. The van der Waals surface area contributed by atoms with Crippen molar-refractivity contribution in [2.24, 2.45) is 5.73 Å². The Morgan fingerprint density at radius 2 is 1.74 bits per heavy atom. The van der Waals surface area contributed by atoms with Gasteiger partial charge in [-0.05, 0) is 75.3 Å². The zero-order valence-corrected chi connectivity index (χ0v) is 23.2. The van der Waals surface area contributed by atoms with Gasteiger partial charge in [0.2, 0.25) is 0 Å². The molecule has 1 aliphatic rings.